The number of hydrogen-bond acceptors (Lipinski definition) is 3. The summed E-state index contributed by atoms with van der Waals surface area (Å²) in [6.07, 6.45) is 5.78. The molecule has 2 aromatic carbocycles. The van der Waals surface area contributed by atoms with Gasteiger partial charge in [-0.05, 0) is 42.7 Å². The minimum atomic E-state index is -0.190. The first kappa shape index (κ1) is 18.7. The van der Waals surface area contributed by atoms with E-state index in [1.165, 1.54) is 24.8 Å². The number of halogens is 2. The fourth-order valence-electron chi connectivity index (χ4n) is 3.70. The van der Waals surface area contributed by atoms with E-state index in [9.17, 15) is 0 Å². The molecule has 1 aliphatic carbocycles. The quantitative estimate of drug-likeness (QED) is 0.497. The molecule has 140 valence electrons. The summed E-state index contributed by atoms with van der Waals surface area (Å²) in [7, 11) is 1.97. The molecule has 27 heavy (non-hydrogen) atoms. The van der Waals surface area contributed by atoms with Gasteiger partial charge in [0.1, 0.15) is 5.01 Å². The Morgan fingerprint density at radius 1 is 0.926 bits per heavy atom. The fraction of sp³-hybridized carbons (Fsp3) is 0.333. The highest BCUT2D eigenvalue weighted by Crippen LogP contribution is 2.40. The molecule has 0 bridgehead atoms. The first-order valence-electron chi connectivity index (χ1n) is 9.18. The Hall–Kier alpha value is -1.62. The standard InChI is InChI=1S/C21H21Cl2N3S/c1-26-20(27-19(25-26)15-5-9-17(22)10-6-15)24-21(13-3-2-4-14-21)16-7-11-18(23)12-8-16/h5-12H,2-4,13-14H2,1H3. The SMILES string of the molecule is Cn1nc(-c2ccc(Cl)cc2)sc1=NC1(c2ccc(Cl)cc2)CCCCC1. The van der Waals surface area contributed by atoms with Crippen LogP contribution in [0.25, 0.3) is 10.6 Å². The smallest absolute Gasteiger partial charge is 0.204 e. The predicted octanol–water partition coefficient (Wildman–Crippen LogP) is 6.22. The topological polar surface area (TPSA) is 30.2 Å². The molecule has 0 spiro atoms. The molecule has 3 aromatic rings. The lowest BCUT2D eigenvalue weighted by Gasteiger charge is -2.34. The summed E-state index contributed by atoms with van der Waals surface area (Å²) < 4.78 is 1.89. The molecule has 1 heterocycles. The fourth-order valence-corrected chi connectivity index (χ4v) is 4.94. The van der Waals surface area contributed by atoms with E-state index in [0.29, 0.717) is 0 Å². The van der Waals surface area contributed by atoms with Crippen LogP contribution < -0.4 is 4.80 Å². The Balaban J connectivity index is 1.79. The normalized spacial score (nSPS) is 17.2. The maximum atomic E-state index is 6.11. The van der Waals surface area contributed by atoms with Crippen LogP contribution in [0.4, 0.5) is 0 Å². The highest BCUT2D eigenvalue weighted by Gasteiger charge is 2.33. The van der Waals surface area contributed by atoms with Gasteiger partial charge in [0.25, 0.3) is 0 Å². The third-order valence-corrected chi connectivity index (χ3v) is 6.72. The zero-order valence-electron chi connectivity index (χ0n) is 15.2. The van der Waals surface area contributed by atoms with Gasteiger partial charge in [-0.1, -0.05) is 78.1 Å². The zero-order chi connectivity index (χ0) is 18.9. The summed E-state index contributed by atoms with van der Waals surface area (Å²) in [5.74, 6) is 0. The summed E-state index contributed by atoms with van der Waals surface area (Å²) >= 11 is 13.7. The van der Waals surface area contributed by atoms with E-state index >= 15 is 0 Å². The van der Waals surface area contributed by atoms with Crippen LogP contribution in [0.3, 0.4) is 0 Å². The summed E-state index contributed by atoms with van der Waals surface area (Å²) in [5, 5.41) is 7.14. The number of nitrogens with zero attached hydrogens (tertiary/aromatic N) is 3. The number of benzene rings is 2. The molecule has 0 N–H and O–H groups in total. The molecule has 0 aliphatic heterocycles. The second-order valence-electron chi connectivity index (χ2n) is 7.03. The Labute approximate surface area is 173 Å². The molecular formula is C21H21Cl2N3S. The van der Waals surface area contributed by atoms with Gasteiger partial charge in [0, 0.05) is 22.7 Å². The van der Waals surface area contributed by atoms with Crippen molar-refractivity contribution in [3.63, 3.8) is 0 Å². The van der Waals surface area contributed by atoms with Crippen molar-refractivity contribution in [2.45, 2.75) is 37.6 Å². The van der Waals surface area contributed by atoms with Crippen molar-refractivity contribution in [1.29, 1.82) is 0 Å². The van der Waals surface area contributed by atoms with Crippen molar-refractivity contribution >= 4 is 34.5 Å². The third-order valence-electron chi connectivity index (χ3n) is 5.17. The molecule has 0 unspecified atom stereocenters. The number of aromatic nitrogens is 2. The molecule has 0 atom stereocenters. The molecule has 0 amide bonds. The first-order valence-corrected chi connectivity index (χ1v) is 10.8. The summed E-state index contributed by atoms with van der Waals surface area (Å²) in [6, 6.07) is 16.0. The Morgan fingerprint density at radius 3 is 2.15 bits per heavy atom. The maximum Gasteiger partial charge on any atom is 0.204 e. The van der Waals surface area contributed by atoms with Crippen molar-refractivity contribution < 1.29 is 0 Å². The highest BCUT2D eigenvalue weighted by atomic mass is 35.5. The predicted molar refractivity (Wildman–Crippen MR) is 113 cm³/mol. The van der Waals surface area contributed by atoms with Crippen molar-refractivity contribution in [2.24, 2.45) is 12.0 Å². The lowest BCUT2D eigenvalue weighted by atomic mass is 9.77. The average Bonchev–Trinajstić information content (AvgIpc) is 3.04. The van der Waals surface area contributed by atoms with Crippen LogP contribution in [-0.4, -0.2) is 9.78 Å². The van der Waals surface area contributed by atoms with Gasteiger partial charge in [-0.2, -0.15) is 5.10 Å². The van der Waals surface area contributed by atoms with Crippen molar-refractivity contribution in [1.82, 2.24) is 9.78 Å². The van der Waals surface area contributed by atoms with Crippen molar-refractivity contribution in [2.75, 3.05) is 0 Å². The molecule has 0 saturated heterocycles. The highest BCUT2D eigenvalue weighted by molar-refractivity contribution is 7.12. The zero-order valence-corrected chi connectivity index (χ0v) is 17.5. The molecule has 0 radical (unpaired) electrons. The number of rotatable bonds is 3. The van der Waals surface area contributed by atoms with Gasteiger partial charge in [-0.3, -0.25) is 0 Å². The van der Waals surface area contributed by atoms with E-state index in [0.717, 1.165) is 38.3 Å². The third kappa shape index (κ3) is 3.98. The van der Waals surface area contributed by atoms with Crippen LogP contribution >= 0.6 is 34.5 Å². The van der Waals surface area contributed by atoms with Crippen LogP contribution in [-0.2, 0) is 12.6 Å². The largest absolute Gasteiger partial charge is 0.246 e. The van der Waals surface area contributed by atoms with Crippen LogP contribution in [0.15, 0.2) is 53.5 Å². The minimum absolute atomic E-state index is 0.190. The van der Waals surface area contributed by atoms with E-state index in [2.05, 4.69) is 12.1 Å². The second kappa shape index (κ2) is 7.78. The van der Waals surface area contributed by atoms with Gasteiger partial charge in [-0.15, -0.1) is 0 Å². The lowest BCUT2D eigenvalue weighted by Crippen LogP contribution is -2.30. The maximum absolute atomic E-state index is 6.11. The molecule has 1 aliphatic rings. The van der Waals surface area contributed by atoms with Gasteiger partial charge in [-0.25, -0.2) is 9.67 Å². The Kier molecular flexibility index (Phi) is 5.40. The first-order chi connectivity index (χ1) is 13.1. The minimum Gasteiger partial charge on any atom is -0.246 e. The van der Waals surface area contributed by atoms with Gasteiger partial charge >= 0.3 is 0 Å². The van der Waals surface area contributed by atoms with Crippen molar-refractivity contribution in [3.05, 3.63) is 68.9 Å². The monoisotopic (exact) mass is 417 g/mol. The molecule has 4 rings (SSSR count). The second-order valence-corrected chi connectivity index (χ2v) is 8.86. The van der Waals surface area contributed by atoms with E-state index < -0.39 is 0 Å². The summed E-state index contributed by atoms with van der Waals surface area (Å²) in [6.45, 7) is 0. The molecule has 6 heteroatoms. The van der Waals surface area contributed by atoms with E-state index in [1.807, 2.05) is 48.1 Å². The van der Waals surface area contributed by atoms with Crippen LogP contribution in [0.2, 0.25) is 10.0 Å². The van der Waals surface area contributed by atoms with Gasteiger partial charge in [0.2, 0.25) is 4.80 Å². The number of aryl methyl sites for hydroxylation is 1. The summed E-state index contributed by atoms with van der Waals surface area (Å²) in [4.78, 5) is 6.20. The average molecular weight is 418 g/mol. The van der Waals surface area contributed by atoms with E-state index in [4.69, 9.17) is 33.3 Å². The van der Waals surface area contributed by atoms with Crippen molar-refractivity contribution in [3.8, 4) is 10.6 Å². The van der Waals surface area contributed by atoms with Gasteiger partial charge in [0.05, 0.1) is 5.54 Å². The Morgan fingerprint density at radius 2 is 1.52 bits per heavy atom. The molecule has 1 saturated carbocycles. The van der Waals surface area contributed by atoms with Crippen LogP contribution in [0.1, 0.15) is 37.7 Å². The molecule has 3 nitrogen and oxygen atoms in total. The molecule has 1 fully saturated rings. The summed E-state index contributed by atoms with van der Waals surface area (Å²) in [5.41, 5.74) is 2.11. The molecule has 1 aromatic heterocycles. The lowest BCUT2D eigenvalue weighted by molar-refractivity contribution is 0.296. The van der Waals surface area contributed by atoms with Gasteiger partial charge in [0.15, 0.2) is 0 Å². The van der Waals surface area contributed by atoms with Gasteiger partial charge < -0.3 is 0 Å². The van der Waals surface area contributed by atoms with Crippen LogP contribution in [0.5, 0.6) is 0 Å². The Bertz CT molecular complexity index is 982. The molecular weight excluding hydrogens is 397 g/mol. The number of hydrogen-bond donors (Lipinski definition) is 0. The van der Waals surface area contributed by atoms with Crippen LogP contribution in [0, 0.1) is 0 Å². The van der Waals surface area contributed by atoms with E-state index in [1.54, 1.807) is 11.3 Å². The van der Waals surface area contributed by atoms with E-state index in [-0.39, 0.29) is 5.54 Å².